The lowest BCUT2D eigenvalue weighted by molar-refractivity contribution is -0.121. The number of hydrogen-bond acceptors (Lipinski definition) is 4. The minimum Gasteiger partial charge on any atom is -0.348 e. The molecule has 0 aromatic heterocycles. The van der Waals surface area contributed by atoms with Crippen molar-refractivity contribution in [3.8, 4) is 0 Å². The highest BCUT2D eigenvalue weighted by molar-refractivity contribution is 7.88. The maximum absolute atomic E-state index is 11.9. The quantitative estimate of drug-likeness (QED) is 0.823. The predicted octanol–water partition coefficient (Wildman–Crippen LogP) is 0.640. The molecule has 0 bridgehead atoms. The maximum Gasteiger partial charge on any atom is 0.235 e. The molecule has 1 aromatic rings. The summed E-state index contributed by atoms with van der Waals surface area (Å²) in [6, 6.07) is 5.38. The number of carbonyl (C=O) groups excluding carboxylic acids is 2. The molecule has 0 aliphatic carbocycles. The van der Waals surface area contributed by atoms with E-state index >= 15 is 0 Å². The molecule has 0 fully saturated rings. The van der Waals surface area contributed by atoms with Gasteiger partial charge in [-0.25, -0.2) is 8.42 Å². The Bertz CT molecular complexity index is 730. The number of nitrogens with one attached hydrogen (secondary N) is 2. The van der Waals surface area contributed by atoms with Gasteiger partial charge in [0.2, 0.25) is 21.8 Å². The van der Waals surface area contributed by atoms with Crippen molar-refractivity contribution in [3.05, 3.63) is 29.3 Å². The Morgan fingerprint density at radius 2 is 2.09 bits per heavy atom. The third kappa shape index (κ3) is 4.52. The third-order valence-electron chi connectivity index (χ3n) is 3.83. The number of amides is 2. The fourth-order valence-electron chi connectivity index (χ4n) is 2.36. The highest BCUT2D eigenvalue weighted by atomic mass is 32.2. The molecule has 1 atom stereocenters. The molecule has 2 rings (SSSR count). The van der Waals surface area contributed by atoms with E-state index in [4.69, 9.17) is 0 Å². The molecule has 0 saturated carbocycles. The van der Waals surface area contributed by atoms with E-state index in [-0.39, 0.29) is 24.4 Å². The Morgan fingerprint density at radius 1 is 1.39 bits per heavy atom. The summed E-state index contributed by atoms with van der Waals surface area (Å²) in [5.74, 6) is -0.355. The molecule has 0 radical (unpaired) electrons. The normalized spacial score (nSPS) is 15.7. The molecule has 1 heterocycles. The van der Waals surface area contributed by atoms with E-state index in [0.717, 1.165) is 27.4 Å². The molecule has 1 aromatic carbocycles. The summed E-state index contributed by atoms with van der Waals surface area (Å²) in [7, 11) is -2.02. The number of anilines is 1. The topological polar surface area (TPSA) is 95.6 Å². The molecule has 126 valence electrons. The number of rotatable bonds is 5. The fourth-order valence-corrected chi connectivity index (χ4v) is 2.71. The molecule has 0 spiro atoms. The molecule has 0 saturated heterocycles. The number of carbonyl (C=O) groups is 2. The molecular weight excluding hydrogens is 318 g/mol. The van der Waals surface area contributed by atoms with Crippen LogP contribution in [0.4, 0.5) is 5.69 Å². The van der Waals surface area contributed by atoms with E-state index in [2.05, 4.69) is 10.6 Å². The van der Waals surface area contributed by atoms with Crippen molar-refractivity contribution in [1.29, 1.82) is 0 Å². The molecule has 1 aliphatic rings. The van der Waals surface area contributed by atoms with Gasteiger partial charge in [0.05, 0.1) is 18.8 Å². The van der Waals surface area contributed by atoms with Crippen LogP contribution >= 0.6 is 0 Å². The van der Waals surface area contributed by atoms with Gasteiger partial charge in [-0.2, -0.15) is 4.31 Å². The Hall–Kier alpha value is -1.93. The van der Waals surface area contributed by atoms with E-state index in [9.17, 15) is 18.0 Å². The van der Waals surface area contributed by atoms with Crippen LogP contribution in [0.5, 0.6) is 0 Å². The first-order chi connectivity index (χ1) is 10.7. The Kier molecular flexibility index (Phi) is 5.06. The SMILES string of the molecule is C[C@@H](NC(=O)CN(C)S(C)(=O)=O)c1ccc2c(c1)CCC(=O)N2. The summed E-state index contributed by atoms with van der Waals surface area (Å²) in [5.41, 5.74) is 2.76. The van der Waals surface area contributed by atoms with Gasteiger partial charge in [0, 0.05) is 19.2 Å². The monoisotopic (exact) mass is 339 g/mol. The van der Waals surface area contributed by atoms with Crippen LogP contribution in [0.3, 0.4) is 0 Å². The fraction of sp³-hybridized carbons (Fsp3) is 0.467. The Labute approximate surface area is 136 Å². The number of likely N-dealkylation sites (N-methyl/N-ethyl adjacent to an activating group) is 1. The van der Waals surface area contributed by atoms with Crippen molar-refractivity contribution in [2.45, 2.75) is 25.8 Å². The lowest BCUT2D eigenvalue weighted by atomic mass is 9.98. The Morgan fingerprint density at radius 3 is 2.74 bits per heavy atom. The molecule has 0 unspecified atom stereocenters. The highest BCUT2D eigenvalue weighted by Gasteiger charge is 2.19. The van der Waals surface area contributed by atoms with Gasteiger partial charge in [-0.3, -0.25) is 9.59 Å². The van der Waals surface area contributed by atoms with Crippen molar-refractivity contribution in [2.75, 3.05) is 25.2 Å². The van der Waals surface area contributed by atoms with Crippen molar-refractivity contribution in [2.24, 2.45) is 0 Å². The van der Waals surface area contributed by atoms with Crippen molar-refractivity contribution >= 4 is 27.5 Å². The van der Waals surface area contributed by atoms with Crippen LogP contribution in [-0.4, -0.2) is 44.4 Å². The van der Waals surface area contributed by atoms with Gasteiger partial charge in [-0.05, 0) is 30.5 Å². The molecule has 8 heteroatoms. The first kappa shape index (κ1) is 17.4. The van der Waals surface area contributed by atoms with Gasteiger partial charge < -0.3 is 10.6 Å². The number of aryl methyl sites for hydroxylation is 1. The summed E-state index contributed by atoms with van der Waals surface area (Å²) in [6.45, 7) is 1.62. The van der Waals surface area contributed by atoms with Crippen molar-refractivity contribution < 1.29 is 18.0 Å². The third-order valence-corrected chi connectivity index (χ3v) is 5.10. The molecule has 23 heavy (non-hydrogen) atoms. The van der Waals surface area contributed by atoms with Gasteiger partial charge in [0.15, 0.2) is 0 Å². The average Bonchev–Trinajstić information content (AvgIpc) is 2.45. The van der Waals surface area contributed by atoms with Crippen LogP contribution in [0.25, 0.3) is 0 Å². The van der Waals surface area contributed by atoms with Gasteiger partial charge in [0.25, 0.3) is 0 Å². The average molecular weight is 339 g/mol. The van der Waals surface area contributed by atoms with Crippen LogP contribution in [0.1, 0.15) is 30.5 Å². The second kappa shape index (κ2) is 6.67. The first-order valence-electron chi connectivity index (χ1n) is 7.30. The standard InChI is InChI=1S/C15H21N3O4S/c1-10(16-15(20)9-18(2)23(3,21)22)11-4-6-13-12(8-11)5-7-14(19)17-13/h4,6,8,10H,5,7,9H2,1-3H3,(H,16,20)(H,17,19)/t10-/m1/s1. The smallest absolute Gasteiger partial charge is 0.235 e. The van der Waals surface area contributed by atoms with E-state index < -0.39 is 10.0 Å². The van der Waals surface area contributed by atoms with Gasteiger partial charge >= 0.3 is 0 Å². The number of benzene rings is 1. The van der Waals surface area contributed by atoms with Gasteiger partial charge in [0.1, 0.15) is 0 Å². The van der Waals surface area contributed by atoms with E-state index in [1.54, 1.807) is 0 Å². The second-order valence-corrected chi connectivity index (χ2v) is 7.86. The van der Waals surface area contributed by atoms with Crippen LogP contribution in [0, 0.1) is 0 Å². The van der Waals surface area contributed by atoms with E-state index in [1.807, 2.05) is 25.1 Å². The van der Waals surface area contributed by atoms with Crippen LogP contribution in [-0.2, 0) is 26.0 Å². The summed E-state index contributed by atoms with van der Waals surface area (Å²) in [4.78, 5) is 23.3. The summed E-state index contributed by atoms with van der Waals surface area (Å²) in [5, 5.41) is 5.59. The first-order valence-corrected chi connectivity index (χ1v) is 9.15. The van der Waals surface area contributed by atoms with E-state index in [0.29, 0.717) is 12.8 Å². The minimum absolute atomic E-state index is 0.00964. The molecular formula is C15H21N3O4S. The van der Waals surface area contributed by atoms with Gasteiger partial charge in [-0.15, -0.1) is 0 Å². The number of nitrogens with zero attached hydrogens (tertiary/aromatic N) is 1. The largest absolute Gasteiger partial charge is 0.348 e. The second-order valence-electron chi connectivity index (χ2n) is 5.77. The lowest BCUT2D eigenvalue weighted by Gasteiger charge is -2.21. The summed E-state index contributed by atoms with van der Waals surface area (Å²) >= 11 is 0. The van der Waals surface area contributed by atoms with Crippen LogP contribution in [0.15, 0.2) is 18.2 Å². The van der Waals surface area contributed by atoms with Crippen LogP contribution in [0.2, 0.25) is 0 Å². The zero-order valence-corrected chi connectivity index (χ0v) is 14.2. The summed E-state index contributed by atoms with van der Waals surface area (Å²) in [6.07, 6.45) is 2.18. The zero-order valence-electron chi connectivity index (χ0n) is 13.4. The molecule has 2 N–H and O–H groups in total. The zero-order chi connectivity index (χ0) is 17.2. The highest BCUT2D eigenvalue weighted by Crippen LogP contribution is 2.26. The minimum atomic E-state index is -3.38. The molecule has 2 amide bonds. The lowest BCUT2D eigenvalue weighted by Crippen LogP contribution is -2.38. The van der Waals surface area contributed by atoms with E-state index in [1.165, 1.54) is 7.05 Å². The number of sulfonamides is 1. The molecule has 7 nitrogen and oxygen atoms in total. The Balaban J connectivity index is 2.02. The number of hydrogen-bond donors (Lipinski definition) is 2. The van der Waals surface area contributed by atoms with Crippen molar-refractivity contribution in [3.63, 3.8) is 0 Å². The maximum atomic E-state index is 11.9. The van der Waals surface area contributed by atoms with Gasteiger partial charge in [-0.1, -0.05) is 12.1 Å². The van der Waals surface area contributed by atoms with Crippen molar-refractivity contribution in [1.82, 2.24) is 9.62 Å². The molecule has 1 aliphatic heterocycles. The van der Waals surface area contributed by atoms with Crippen LogP contribution < -0.4 is 10.6 Å². The number of fused-ring (bicyclic) bond motifs is 1. The predicted molar refractivity (Wildman–Crippen MR) is 87.4 cm³/mol. The summed E-state index contributed by atoms with van der Waals surface area (Å²) < 4.78 is 23.6.